The summed E-state index contributed by atoms with van der Waals surface area (Å²) in [6.45, 7) is 3.80. The molecular weight excluding hydrogens is 422 g/mol. The first kappa shape index (κ1) is 23.9. The second-order valence-corrected chi connectivity index (χ2v) is 8.10. The van der Waals surface area contributed by atoms with Gasteiger partial charge in [0.2, 0.25) is 5.75 Å². The third kappa shape index (κ3) is 4.87. The maximum atomic E-state index is 12.5. The Bertz CT molecular complexity index is 1090. The Kier molecular flexibility index (Phi) is 7.11. The molecule has 0 amide bonds. The van der Waals surface area contributed by atoms with E-state index < -0.39 is 5.97 Å². The van der Waals surface area contributed by atoms with Gasteiger partial charge in [-0.25, -0.2) is 4.79 Å². The summed E-state index contributed by atoms with van der Waals surface area (Å²) in [7, 11) is 6.48. The predicted octanol–water partition coefficient (Wildman–Crippen LogP) is 4.15. The van der Waals surface area contributed by atoms with Crippen molar-refractivity contribution in [2.75, 3.05) is 39.9 Å². The highest BCUT2D eigenvalue weighted by atomic mass is 16.5. The van der Waals surface area contributed by atoms with Crippen LogP contribution in [0.3, 0.4) is 0 Å². The molecule has 0 fully saturated rings. The summed E-state index contributed by atoms with van der Waals surface area (Å²) < 4.78 is 21.1. The number of hydrogen-bond acceptors (Lipinski definition) is 7. The SMILES string of the molecule is COc1cc(C=CC(=O)OCC(=O)C=C2N(C)c3ccccc3C2(C)C)cc(OC)c1OC. The average Bonchev–Trinajstić information content (AvgIpc) is 3.01. The Hall–Kier alpha value is -3.74. The van der Waals surface area contributed by atoms with E-state index in [4.69, 9.17) is 18.9 Å². The summed E-state index contributed by atoms with van der Waals surface area (Å²) in [5.74, 6) is 0.484. The zero-order valence-corrected chi connectivity index (χ0v) is 19.8. The lowest BCUT2D eigenvalue weighted by Crippen LogP contribution is -2.25. The van der Waals surface area contributed by atoms with Crippen molar-refractivity contribution >= 4 is 23.5 Å². The number of ketones is 1. The average molecular weight is 452 g/mol. The van der Waals surface area contributed by atoms with Crippen LogP contribution in [0.25, 0.3) is 6.08 Å². The minimum atomic E-state index is -0.627. The predicted molar refractivity (Wildman–Crippen MR) is 127 cm³/mol. The van der Waals surface area contributed by atoms with Gasteiger partial charge in [0.25, 0.3) is 0 Å². The molecule has 0 saturated heterocycles. The minimum Gasteiger partial charge on any atom is -0.493 e. The maximum absolute atomic E-state index is 12.5. The molecular formula is C26H29NO6. The van der Waals surface area contributed by atoms with Crippen LogP contribution >= 0.6 is 0 Å². The van der Waals surface area contributed by atoms with Crippen LogP contribution < -0.4 is 19.1 Å². The molecule has 33 heavy (non-hydrogen) atoms. The number of methoxy groups -OCH3 is 3. The van der Waals surface area contributed by atoms with Crippen LogP contribution in [0.15, 0.2) is 54.2 Å². The summed E-state index contributed by atoms with van der Waals surface area (Å²) >= 11 is 0. The van der Waals surface area contributed by atoms with Gasteiger partial charge in [-0.1, -0.05) is 32.0 Å². The van der Waals surface area contributed by atoms with Crippen LogP contribution in [0.1, 0.15) is 25.0 Å². The Balaban J connectivity index is 1.66. The van der Waals surface area contributed by atoms with Crippen molar-refractivity contribution in [1.29, 1.82) is 0 Å². The van der Waals surface area contributed by atoms with Gasteiger partial charge in [-0.3, -0.25) is 4.79 Å². The molecule has 174 valence electrons. The van der Waals surface area contributed by atoms with Crippen LogP contribution in [-0.4, -0.2) is 46.7 Å². The Morgan fingerprint density at radius 1 is 1.00 bits per heavy atom. The largest absolute Gasteiger partial charge is 0.493 e. The van der Waals surface area contributed by atoms with Gasteiger partial charge in [0.1, 0.15) is 0 Å². The number of likely N-dealkylation sites (N-methyl/N-ethyl adjacent to an activating group) is 1. The zero-order valence-electron chi connectivity index (χ0n) is 19.8. The number of benzene rings is 2. The molecule has 3 rings (SSSR count). The summed E-state index contributed by atoms with van der Waals surface area (Å²) in [6, 6.07) is 11.5. The zero-order chi connectivity index (χ0) is 24.2. The van der Waals surface area contributed by atoms with E-state index in [0.29, 0.717) is 22.8 Å². The molecule has 0 bridgehead atoms. The van der Waals surface area contributed by atoms with Crippen molar-refractivity contribution in [3.05, 3.63) is 65.4 Å². The van der Waals surface area contributed by atoms with Gasteiger partial charge in [0.15, 0.2) is 23.9 Å². The van der Waals surface area contributed by atoms with E-state index >= 15 is 0 Å². The quantitative estimate of drug-likeness (QED) is 0.441. The number of carbonyl (C=O) groups is 2. The highest BCUT2D eigenvalue weighted by molar-refractivity contribution is 5.96. The Morgan fingerprint density at radius 3 is 2.21 bits per heavy atom. The monoisotopic (exact) mass is 451 g/mol. The topological polar surface area (TPSA) is 74.3 Å². The Labute approximate surface area is 194 Å². The van der Waals surface area contributed by atoms with Gasteiger partial charge >= 0.3 is 5.97 Å². The standard InChI is InChI=1S/C26H29NO6/c1-26(2)19-9-7-8-10-20(19)27(3)23(26)15-18(28)16-33-24(29)12-11-17-13-21(30-4)25(32-6)22(14-17)31-5/h7-15H,16H2,1-6H3. The number of ether oxygens (including phenoxy) is 4. The second-order valence-electron chi connectivity index (χ2n) is 8.10. The highest BCUT2D eigenvalue weighted by Gasteiger charge is 2.38. The maximum Gasteiger partial charge on any atom is 0.331 e. The normalized spacial score (nSPS) is 15.5. The number of anilines is 1. The number of nitrogens with zero attached hydrogens (tertiary/aromatic N) is 1. The lowest BCUT2D eigenvalue weighted by Gasteiger charge is -2.23. The van der Waals surface area contributed by atoms with E-state index in [9.17, 15) is 9.59 Å². The second kappa shape index (κ2) is 9.81. The van der Waals surface area contributed by atoms with E-state index in [-0.39, 0.29) is 17.8 Å². The number of para-hydroxylation sites is 1. The number of allylic oxidation sites excluding steroid dienone is 1. The third-order valence-electron chi connectivity index (χ3n) is 5.69. The van der Waals surface area contributed by atoms with Crippen LogP contribution in [0.5, 0.6) is 17.2 Å². The van der Waals surface area contributed by atoms with Crippen LogP contribution in [-0.2, 0) is 19.7 Å². The van der Waals surface area contributed by atoms with Crippen molar-refractivity contribution in [3.8, 4) is 17.2 Å². The van der Waals surface area contributed by atoms with E-state index in [1.807, 2.05) is 30.1 Å². The van der Waals surface area contributed by atoms with Crippen molar-refractivity contribution in [3.63, 3.8) is 0 Å². The van der Waals surface area contributed by atoms with Gasteiger partial charge in [-0.05, 0) is 35.4 Å². The van der Waals surface area contributed by atoms with Crippen LogP contribution in [0, 0.1) is 0 Å². The number of rotatable bonds is 8. The molecule has 0 saturated carbocycles. The van der Waals surface area contributed by atoms with Gasteiger partial charge in [-0.15, -0.1) is 0 Å². The fourth-order valence-electron chi connectivity index (χ4n) is 4.01. The summed E-state index contributed by atoms with van der Waals surface area (Å²) in [5.41, 5.74) is 3.40. The van der Waals surface area contributed by atoms with E-state index in [2.05, 4.69) is 19.9 Å². The summed E-state index contributed by atoms with van der Waals surface area (Å²) in [4.78, 5) is 26.7. The molecule has 0 spiro atoms. The van der Waals surface area contributed by atoms with Gasteiger partial charge in [0.05, 0.1) is 21.3 Å². The first-order chi connectivity index (χ1) is 15.7. The molecule has 2 aromatic rings. The molecule has 7 heteroatoms. The van der Waals surface area contributed by atoms with E-state index in [1.54, 1.807) is 24.3 Å². The fourth-order valence-corrected chi connectivity index (χ4v) is 4.01. The first-order valence-electron chi connectivity index (χ1n) is 10.5. The molecule has 0 aromatic heterocycles. The number of esters is 1. The molecule has 0 aliphatic carbocycles. The molecule has 2 aromatic carbocycles. The molecule has 1 heterocycles. The van der Waals surface area contributed by atoms with E-state index in [1.165, 1.54) is 27.4 Å². The van der Waals surface area contributed by atoms with Crippen LogP contribution in [0.2, 0.25) is 0 Å². The van der Waals surface area contributed by atoms with Crippen molar-refractivity contribution in [2.45, 2.75) is 19.3 Å². The smallest absolute Gasteiger partial charge is 0.331 e. The summed E-state index contributed by atoms with van der Waals surface area (Å²) in [5, 5.41) is 0. The number of carbonyl (C=O) groups excluding carboxylic acids is 2. The highest BCUT2D eigenvalue weighted by Crippen LogP contribution is 2.46. The fraction of sp³-hybridized carbons (Fsp3) is 0.308. The number of fused-ring (bicyclic) bond motifs is 1. The first-order valence-corrected chi connectivity index (χ1v) is 10.5. The lowest BCUT2D eigenvalue weighted by molar-refractivity contribution is -0.141. The molecule has 1 aliphatic heterocycles. The molecule has 0 unspecified atom stereocenters. The summed E-state index contributed by atoms with van der Waals surface area (Å²) in [6.07, 6.45) is 4.36. The van der Waals surface area contributed by atoms with Crippen molar-refractivity contribution in [1.82, 2.24) is 0 Å². The molecule has 1 aliphatic rings. The van der Waals surface area contributed by atoms with Gasteiger partial charge < -0.3 is 23.8 Å². The molecule has 7 nitrogen and oxygen atoms in total. The lowest BCUT2D eigenvalue weighted by atomic mass is 9.83. The van der Waals surface area contributed by atoms with Crippen molar-refractivity contribution in [2.24, 2.45) is 0 Å². The van der Waals surface area contributed by atoms with Gasteiger partial charge in [0, 0.05) is 36.0 Å². The molecule has 0 atom stereocenters. The molecule has 0 N–H and O–H groups in total. The van der Waals surface area contributed by atoms with E-state index in [0.717, 1.165) is 16.9 Å². The van der Waals surface area contributed by atoms with Gasteiger partial charge in [-0.2, -0.15) is 0 Å². The Morgan fingerprint density at radius 2 is 1.64 bits per heavy atom. The molecule has 0 radical (unpaired) electrons. The number of hydrogen-bond donors (Lipinski definition) is 0. The van der Waals surface area contributed by atoms with Crippen molar-refractivity contribution < 1.29 is 28.5 Å². The van der Waals surface area contributed by atoms with Crippen LogP contribution in [0.4, 0.5) is 5.69 Å². The third-order valence-corrected chi connectivity index (χ3v) is 5.69. The minimum absolute atomic E-state index is 0.285.